The predicted molar refractivity (Wildman–Crippen MR) is 278 cm³/mol. The number of carbonyl (C=O) groups excluding carboxylic acids is 1. The van der Waals surface area contributed by atoms with Crippen LogP contribution in [0.3, 0.4) is 0 Å². The lowest BCUT2D eigenvalue weighted by Crippen LogP contribution is -2.50. The van der Waals surface area contributed by atoms with Crippen LogP contribution in [-0.4, -0.2) is 46.1 Å². The summed E-state index contributed by atoms with van der Waals surface area (Å²) in [4.78, 5) is 12.5. The summed E-state index contributed by atoms with van der Waals surface area (Å²) < 4.78 is 0. The van der Waals surface area contributed by atoms with Gasteiger partial charge in [0.05, 0.1) is 18.8 Å². The zero-order valence-corrected chi connectivity index (χ0v) is 43.0. The highest BCUT2D eigenvalue weighted by Gasteiger charge is 2.26. The van der Waals surface area contributed by atoms with Crippen molar-refractivity contribution in [1.82, 2.24) is 5.32 Å². The number of amides is 1. The fraction of sp³-hybridized carbons (Fsp3) is 0.948. The highest BCUT2D eigenvalue weighted by molar-refractivity contribution is 5.76. The van der Waals surface area contributed by atoms with E-state index in [1.54, 1.807) is 0 Å². The number of hydrogen-bond acceptors (Lipinski definition) is 4. The molecule has 63 heavy (non-hydrogen) atoms. The van der Waals surface area contributed by atoms with Gasteiger partial charge in [0, 0.05) is 6.42 Å². The van der Waals surface area contributed by atoms with Crippen LogP contribution in [0, 0.1) is 0 Å². The Morgan fingerprint density at radius 1 is 0.381 bits per heavy atom. The first kappa shape index (κ1) is 62.1. The molecule has 5 heteroatoms. The lowest BCUT2D eigenvalue weighted by Gasteiger charge is -2.26. The van der Waals surface area contributed by atoms with Crippen molar-refractivity contribution < 1.29 is 20.1 Å². The van der Waals surface area contributed by atoms with Gasteiger partial charge in [0.1, 0.15) is 6.10 Å². The van der Waals surface area contributed by atoms with Crippen molar-refractivity contribution in [3.05, 3.63) is 12.2 Å². The average Bonchev–Trinajstić information content (AvgIpc) is 3.29. The van der Waals surface area contributed by atoms with Crippen LogP contribution in [0.5, 0.6) is 0 Å². The third kappa shape index (κ3) is 48.8. The minimum absolute atomic E-state index is 0.138. The Kier molecular flexibility index (Phi) is 52.9. The number of hydrogen-bond donors (Lipinski definition) is 4. The van der Waals surface area contributed by atoms with E-state index in [0.717, 1.165) is 32.1 Å². The molecule has 0 aliphatic heterocycles. The number of carbonyl (C=O) groups is 1. The molecule has 3 atom stereocenters. The average molecular weight is 891 g/mol. The first-order chi connectivity index (χ1) is 31.1. The second-order valence-electron chi connectivity index (χ2n) is 20.2. The van der Waals surface area contributed by atoms with Crippen molar-refractivity contribution in [2.24, 2.45) is 0 Å². The number of allylic oxidation sites excluding steroid dienone is 2. The van der Waals surface area contributed by atoms with E-state index in [4.69, 9.17) is 0 Å². The van der Waals surface area contributed by atoms with Crippen molar-refractivity contribution in [3.63, 3.8) is 0 Å². The Morgan fingerprint density at radius 2 is 0.635 bits per heavy atom. The zero-order valence-electron chi connectivity index (χ0n) is 43.0. The number of unbranched alkanes of at least 4 members (excludes halogenated alkanes) is 44. The van der Waals surface area contributed by atoms with Gasteiger partial charge >= 0.3 is 0 Å². The van der Waals surface area contributed by atoms with Crippen LogP contribution in [0.1, 0.15) is 328 Å². The summed E-state index contributed by atoms with van der Waals surface area (Å²) in [6, 6.07) is -0.806. The number of rotatable bonds is 54. The van der Waals surface area contributed by atoms with E-state index in [-0.39, 0.29) is 12.5 Å². The second-order valence-corrected chi connectivity index (χ2v) is 20.2. The van der Waals surface area contributed by atoms with Crippen LogP contribution in [-0.2, 0) is 4.79 Å². The van der Waals surface area contributed by atoms with E-state index < -0.39 is 18.2 Å². The molecular weight excluding hydrogens is 775 g/mol. The maximum Gasteiger partial charge on any atom is 0.220 e. The van der Waals surface area contributed by atoms with Crippen molar-refractivity contribution in [1.29, 1.82) is 0 Å². The summed E-state index contributed by atoms with van der Waals surface area (Å²) in [6.45, 7) is 4.22. The van der Waals surface area contributed by atoms with Gasteiger partial charge in [0.25, 0.3) is 0 Å². The molecule has 5 nitrogen and oxygen atoms in total. The summed E-state index contributed by atoms with van der Waals surface area (Å²) in [5.41, 5.74) is 0. The first-order valence-electron chi connectivity index (χ1n) is 29.0. The highest BCUT2D eigenvalue weighted by Crippen LogP contribution is 2.18. The molecule has 0 aliphatic rings. The molecule has 0 saturated heterocycles. The molecular formula is C58H115NO4. The van der Waals surface area contributed by atoms with E-state index >= 15 is 0 Å². The molecule has 0 heterocycles. The number of aliphatic hydroxyl groups is 3. The lowest BCUT2D eigenvalue weighted by atomic mass is 9.99. The Labute approximate surface area is 395 Å². The molecule has 0 aromatic heterocycles. The van der Waals surface area contributed by atoms with Gasteiger partial charge < -0.3 is 20.6 Å². The smallest absolute Gasteiger partial charge is 0.220 e. The Balaban J connectivity index is 3.46. The standard InChI is InChI=1S/C58H115NO4/c1-3-5-7-9-11-13-15-17-19-21-22-23-24-25-26-27-28-29-30-31-32-33-34-35-36-37-39-41-43-45-47-49-51-53-57(62)59-55(54-60)58(63)56(61)52-50-48-46-44-42-40-38-20-18-16-14-12-10-8-6-4-2/h25-26,55-56,58,60-61,63H,3-24,27-54H2,1-2H3,(H,59,62)/b26-25-. The van der Waals surface area contributed by atoms with E-state index in [2.05, 4.69) is 31.3 Å². The molecule has 1 amide bonds. The van der Waals surface area contributed by atoms with E-state index in [9.17, 15) is 20.1 Å². The quantitative estimate of drug-likeness (QED) is 0.0362. The van der Waals surface area contributed by atoms with Crippen molar-refractivity contribution >= 4 is 5.91 Å². The van der Waals surface area contributed by atoms with Crippen molar-refractivity contribution in [2.75, 3.05) is 6.61 Å². The third-order valence-corrected chi connectivity index (χ3v) is 13.9. The molecule has 0 saturated carbocycles. The van der Waals surface area contributed by atoms with E-state index in [1.807, 2.05) is 0 Å². The molecule has 0 rings (SSSR count). The van der Waals surface area contributed by atoms with Crippen LogP contribution >= 0.6 is 0 Å². The minimum atomic E-state index is -1.13. The monoisotopic (exact) mass is 890 g/mol. The molecule has 0 bridgehead atoms. The molecule has 376 valence electrons. The predicted octanol–water partition coefficient (Wildman–Crippen LogP) is 17.9. The second kappa shape index (κ2) is 53.7. The van der Waals surface area contributed by atoms with Gasteiger partial charge in [0.15, 0.2) is 0 Å². The van der Waals surface area contributed by atoms with Gasteiger partial charge in [-0.15, -0.1) is 0 Å². The number of aliphatic hydroxyl groups excluding tert-OH is 3. The van der Waals surface area contributed by atoms with Crippen LogP contribution in [0.2, 0.25) is 0 Å². The van der Waals surface area contributed by atoms with E-state index in [1.165, 1.54) is 270 Å². The van der Waals surface area contributed by atoms with Crippen molar-refractivity contribution in [2.45, 2.75) is 347 Å². The number of nitrogens with one attached hydrogen (secondary N) is 1. The summed E-state index contributed by atoms with van der Waals surface area (Å²) >= 11 is 0. The van der Waals surface area contributed by atoms with Crippen LogP contribution in [0.4, 0.5) is 0 Å². The van der Waals surface area contributed by atoms with Gasteiger partial charge in [-0.05, 0) is 38.5 Å². The normalized spacial score (nSPS) is 13.3. The molecule has 0 radical (unpaired) electrons. The van der Waals surface area contributed by atoms with Gasteiger partial charge in [-0.2, -0.15) is 0 Å². The fourth-order valence-corrected chi connectivity index (χ4v) is 9.40. The first-order valence-corrected chi connectivity index (χ1v) is 29.0. The van der Waals surface area contributed by atoms with E-state index in [0.29, 0.717) is 12.8 Å². The minimum Gasteiger partial charge on any atom is -0.394 e. The lowest BCUT2D eigenvalue weighted by molar-refractivity contribution is -0.124. The maximum atomic E-state index is 12.5. The van der Waals surface area contributed by atoms with Gasteiger partial charge in [-0.1, -0.05) is 296 Å². The largest absolute Gasteiger partial charge is 0.394 e. The summed E-state index contributed by atoms with van der Waals surface area (Å²) in [7, 11) is 0. The third-order valence-electron chi connectivity index (χ3n) is 13.9. The fourth-order valence-electron chi connectivity index (χ4n) is 9.40. The van der Waals surface area contributed by atoms with Gasteiger partial charge in [-0.25, -0.2) is 0 Å². The van der Waals surface area contributed by atoms with Crippen LogP contribution in [0.25, 0.3) is 0 Å². The van der Waals surface area contributed by atoms with Crippen LogP contribution in [0.15, 0.2) is 12.2 Å². The Morgan fingerprint density at radius 3 is 0.921 bits per heavy atom. The summed E-state index contributed by atoms with van der Waals surface area (Å²) in [5, 5.41) is 33.7. The molecule has 0 aromatic carbocycles. The Bertz CT molecular complexity index is 894. The molecule has 0 aliphatic carbocycles. The van der Waals surface area contributed by atoms with Crippen molar-refractivity contribution in [3.8, 4) is 0 Å². The van der Waals surface area contributed by atoms with Gasteiger partial charge in [0.2, 0.25) is 5.91 Å². The molecule has 4 N–H and O–H groups in total. The Hall–Kier alpha value is -0.910. The highest BCUT2D eigenvalue weighted by atomic mass is 16.3. The molecule has 3 unspecified atom stereocenters. The maximum absolute atomic E-state index is 12.5. The topological polar surface area (TPSA) is 89.8 Å². The summed E-state index contributed by atoms with van der Waals surface area (Å²) in [5.74, 6) is -0.138. The molecule has 0 fully saturated rings. The zero-order chi connectivity index (χ0) is 45.8. The van der Waals surface area contributed by atoms with Gasteiger partial charge in [-0.3, -0.25) is 4.79 Å². The summed E-state index contributed by atoms with van der Waals surface area (Å²) in [6.07, 6.45) is 66.6. The van der Waals surface area contributed by atoms with Crippen LogP contribution < -0.4 is 5.32 Å². The molecule has 0 spiro atoms. The SMILES string of the molecule is CCCCCCCCCCCCCC/C=C\CCCCCCCCCCCCCCCCCCCC(=O)NC(CO)C(O)C(O)CCCCCCCCCCCCCCCCCC. The molecule has 0 aromatic rings.